The van der Waals surface area contributed by atoms with Gasteiger partial charge in [0, 0.05) is 15.7 Å². The second kappa shape index (κ2) is 6.83. The van der Waals surface area contributed by atoms with Gasteiger partial charge in [0.2, 0.25) is 0 Å². The van der Waals surface area contributed by atoms with Crippen LogP contribution in [-0.4, -0.2) is 6.54 Å². The fourth-order valence-corrected chi connectivity index (χ4v) is 2.65. The van der Waals surface area contributed by atoms with Crippen molar-refractivity contribution < 1.29 is 0 Å². The van der Waals surface area contributed by atoms with Crippen LogP contribution in [0.3, 0.4) is 0 Å². The molecule has 0 radical (unpaired) electrons. The van der Waals surface area contributed by atoms with Gasteiger partial charge in [-0.2, -0.15) is 0 Å². The smallest absolute Gasteiger partial charge is 0.0406 e. The molecule has 0 atom stereocenters. The molecule has 2 aromatic rings. The van der Waals surface area contributed by atoms with E-state index in [1.165, 1.54) is 16.0 Å². The van der Waals surface area contributed by atoms with Crippen LogP contribution in [0.4, 0.5) is 0 Å². The van der Waals surface area contributed by atoms with Crippen molar-refractivity contribution in [3.63, 3.8) is 0 Å². The molecule has 94 valence electrons. The molecule has 2 aromatic carbocycles. The topological polar surface area (TPSA) is 26.0 Å². The van der Waals surface area contributed by atoms with Crippen LogP contribution in [-0.2, 0) is 12.2 Å². The first-order valence-electron chi connectivity index (χ1n) is 5.94. The highest BCUT2D eigenvalue weighted by molar-refractivity contribution is 7.98. The molecule has 3 heteroatoms. The van der Waals surface area contributed by atoms with E-state index < -0.39 is 0 Å². The van der Waals surface area contributed by atoms with Gasteiger partial charge in [-0.3, -0.25) is 0 Å². The number of benzene rings is 2. The second-order valence-electron chi connectivity index (χ2n) is 4.10. The van der Waals surface area contributed by atoms with E-state index in [0.717, 1.165) is 17.2 Å². The molecular weight excluding hydrogens is 262 g/mol. The Kier molecular flexibility index (Phi) is 5.12. The van der Waals surface area contributed by atoms with Crippen LogP contribution >= 0.6 is 23.4 Å². The lowest BCUT2D eigenvalue weighted by atomic mass is 10.2. The van der Waals surface area contributed by atoms with Crippen molar-refractivity contribution in [2.24, 2.45) is 5.73 Å². The third-order valence-corrected chi connectivity index (χ3v) is 4.01. The van der Waals surface area contributed by atoms with Crippen LogP contribution in [0.25, 0.3) is 0 Å². The molecule has 0 heterocycles. The monoisotopic (exact) mass is 277 g/mol. The Morgan fingerprint density at radius 2 is 1.50 bits per heavy atom. The molecule has 0 saturated heterocycles. The SMILES string of the molecule is NCCc1ccc(SCc2ccc(Cl)cc2)cc1. The first kappa shape index (κ1) is 13.5. The van der Waals surface area contributed by atoms with E-state index in [4.69, 9.17) is 17.3 Å². The molecular formula is C15H16ClNS. The number of thioether (sulfide) groups is 1. The van der Waals surface area contributed by atoms with Gasteiger partial charge in [-0.25, -0.2) is 0 Å². The third kappa shape index (κ3) is 4.05. The molecule has 0 spiro atoms. The number of hydrogen-bond acceptors (Lipinski definition) is 2. The lowest BCUT2D eigenvalue weighted by Gasteiger charge is -2.04. The number of hydrogen-bond donors (Lipinski definition) is 1. The molecule has 2 N–H and O–H groups in total. The first-order chi connectivity index (χ1) is 8.78. The maximum atomic E-state index is 5.86. The van der Waals surface area contributed by atoms with Gasteiger partial charge in [0.15, 0.2) is 0 Å². The molecule has 2 rings (SSSR count). The highest BCUT2D eigenvalue weighted by Gasteiger charge is 1.97. The minimum atomic E-state index is 0.706. The van der Waals surface area contributed by atoms with E-state index in [-0.39, 0.29) is 0 Å². The summed E-state index contributed by atoms with van der Waals surface area (Å²) >= 11 is 7.69. The van der Waals surface area contributed by atoms with Crippen molar-refractivity contribution in [1.29, 1.82) is 0 Å². The predicted molar refractivity (Wildman–Crippen MR) is 80.2 cm³/mol. The highest BCUT2D eigenvalue weighted by Crippen LogP contribution is 2.23. The molecule has 0 aliphatic rings. The molecule has 18 heavy (non-hydrogen) atoms. The summed E-state index contributed by atoms with van der Waals surface area (Å²) in [6.45, 7) is 0.706. The molecule has 1 nitrogen and oxygen atoms in total. The molecule has 0 aliphatic carbocycles. The fourth-order valence-electron chi connectivity index (χ4n) is 1.67. The number of rotatable bonds is 5. The fraction of sp³-hybridized carbons (Fsp3) is 0.200. The Balaban J connectivity index is 1.91. The highest BCUT2D eigenvalue weighted by atomic mass is 35.5. The normalized spacial score (nSPS) is 10.6. The maximum absolute atomic E-state index is 5.86. The van der Waals surface area contributed by atoms with Crippen LogP contribution in [0.15, 0.2) is 53.4 Å². The molecule has 0 fully saturated rings. The van der Waals surface area contributed by atoms with Gasteiger partial charge in [-0.05, 0) is 48.4 Å². The second-order valence-corrected chi connectivity index (χ2v) is 5.58. The van der Waals surface area contributed by atoms with Crippen molar-refractivity contribution in [3.8, 4) is 0 Å². The molecule has 0 bridgehead atoms. The van der Waals surface area contributed by atoms with E-state index in [9.17, 15) is 0 Å². The lowest BCUT2D eigenvalue weighted by Crippen LogP contribution is -2.02. The summed E-state index contributed by atoms with van der Waals surface area (Å²) in [4.78, 5) is 1.28. The van der Waals surface area contributed by atoms with Crippen LogP contribution in [0.2, 0.25) is 5.02 Å². The van der Waals surface area contributed by atoms with Gasteiger partial charge in [-0.1, -0.05) is 35.9 Å². The average molecular weight is 278 g/mol. The summed E-state index contributed by atoms with van der Waals surface area (Å²) in [6.07, 6.45) is 0.947. The van der Waals surface area contributed by atoms with Crippen LogP contribution in [0.5, 0.6) is 0 Å². The van der Waals surface area contributed by atoms with E-state index >= 15 is 0 Å². The molecule has 0 saturated carbocycles. The first-order valence-corrected chi connectivity index (χ1v) is 7.30. The van der Waals surface area contributed by atoms with Crippen molar-refractivity contribution in [1.82, 2.24) is 0 Å². The Hall–Kier alpha value is -0.960. The quantitative estimate of drug-likeness (QED) is 0.832. The Morgan fingerprint density at radius 3 is 2.11 bits per heavy atom. The maximum Gasteiger partial charge on any atom is 0.0406 e. The van der Waals surface area contributed by atoms with Gasteiger partial charge in [-0.15, -0.1) is 11.8 Å². The summed E-state index contributed by atoms with van der Waals surface area (Å²) in [7, 11) is 0. The van der Waals surface area contributed by atoms with Gasteiger partial charge < -0.3 is 5.73 Å². The third-order valence-electron chi connectivity index (χ3n) is 2.68. The predicted octanol–water partition coefficient (Wildman–Crippen LogP) is 4.13. The minimum absolute atomic E-state index is 0.706. The van der Waals surface area contributed by atoms with E-state index in [2.05, 4.69) is 36.4 Å². The number of nitrogens with two attached hydrogens (primary N) is 1. The standard InChI is InChI=1S/C15H16ClNS/c16-14-5-1-13(2-6-14)11-18-15-7-3-12(4-8-15)9-10-17/h1-8H,9-11,17H2. The molecule has 0 unspecified atom stereocenters. The molecule has 0 amide bonds. The van der Waals surface area contributed by atoms with Crippen LogP contribution in [0, 0.1) is 0 Å². The molecule has 0 aromatic heterocycles. The van der Waals surface area contributed by atoms with Crippen LogP contribution < -0.4 is 5.73 Å². The summed E-state index contributed by atoms with van der Waals surface area (Å²) < 4.78 is 0. The van der Waals surface area contributed by atoms with Crippen molar-refractivity contribution >= 4 is 23.4 Å². The Labute approximate surface area is 117 Å². The van der Waals surface area contributed by atoms with Gasteiger partial charge in [0.05, 0.1) is 0 Å². The van der Waals surface area contributed by atoms with Crippen molar-refractivity contribution in [3.05, 3.63) is 64.7 Å². The summed E-state index contributed by atoms with van der Waals surface area (Å²) in [5.41, 5.74) is 8.12. The zero-order valence-corrected chi connectivity index (χ0v) is 11.7. The average Bonchev–Trinajstić information content (AvgIpc) is 2.40. The van der Waals surface area contributed by atoms with Gasteiger partial charge in [0.25, 0.3) is 0 Å². The Bertz CT molecular complexity index is 479. The summed E-state index contributed by atoms with van der Waals surface area (Å²) in [5, 5.41) is 0.787. The van der Waals surface area contributed by atoms with E-state index in [1.807, 2.05) is 23.9 Å². The lowest BCUT2D eigenvalue weighted by molar-refractivity contribution is 0.966. The minimum Gasteiger partial charge on any atom is -0.330 e. The largest absolute Gasteiger partial charge is 0.330 e. The zero-order chi connectivity index (χ0) is 12.8. The summed E-state index contributed by atoms with van der Waals surface area (Å²) in [6, 6.07) is 16.6. The van der Waals surface area contributed by atoms with Gasteiger partial charge >= 0.3 is 0 Å². The molecule has 0 aliphatic heterocycles. The van der Waals surface area contributed by atoms with E-state index in [0.29, 0.717) is 6.54 Å². The number of halogens is 1. The van der Waals surface area contributed by atoms with Crippen molar-refractivity contribution in [2.45, 2.75) is 17.1 Å². The van der Waals surface area contributed by atoms with Crippen LogP contribution in [0.1, 0.15) is 11.1 Å². The summed E-state index contributed by atoms with van der Waals surface area (Å²) in [5.74, 6) is 0.966. The van der Waals surface area contributed by atoms with Gasteiger partial charge in [0.1, 0.15) is 0 Å². The zero-order valence-electron chi connectivity index (χ0n) is 10.1. The van der Waals surface area contributed by atoms with E-state index in [1.54, 1.807) is 0 Å². The Morgan fingerprint density at radius 1 is 0.889 bits per heavy atom. The van der Waals surface area contributed by atoms with Crippen molar-refractivity contribution in [2.75, 3.05) is 6.54 Å².